The molecule has 2 aromatic rings. The molecule has 1 amide bonds. The van der Waals surface area contributed by atoms with Gasteiger partial charge in [-0.2, -0.15) is 5.10 Å². The van der Waals surface area contributed by atoms with Crippen LogP contribution >= 0.6 is 0 Å². The molecule has 0 aliphatic carbocycles. The largest absolute Gasteiger partial charge is 0.486 e. The zero-order chi connectivity index (χ0) is 18.6. The highest BCUT2D eigenvalue weighted by atomic mass is 16.6. The first-order valence-electron chi connectivity index (χ1n) is 9.62. The number of aromatic nitrogens is 2. The molecular formula is C20H26N4O3. The molecule has 1 aromatic heterocycles. The van der Waals surface area contributed by atoms with Crippen LogP contribution in [0.5, 0.6) is 11.5 Å². The Morgan fingerprint density at radius 2 is 2.15 bits per heavy atom. The van der Waals surface area contributed by atoms with E-state index in [0.29, 0.717) is 25.6 Å². The van der Waals surface area contributed by atoms with Gasteiger partial charge in [0.05, 0.1) is 11.9 Å². The highest BCUT2D eigenvalue weighted by Gasteiger charge is 2.22. The van der Waals surface area contributed by atoms with Crippen LogP contribution in [0.25, 0.3) is 11.3 Å². The summed E-state index contributed by atoms with van der Waals surface area (Å²) in [5.74, 6) is 1.90. The SMILES string of the molecule is NC(=O)CCC1CCCN(Cc2cn[nH]c2-c2ccc3c(c2)OCCO3)C1. The quantitative estimate of drug-likeness (QED) is 0.814. The Morgan fingerprint density at radius 1 is 1.30 bits per heavy atom. The van der Waals surface area contributed by atoms with Gasteiger partial charge in [-0.3, -0.25) is 14.8 Å². The number of amides is 1. The fraction of sp³-hybridized carbons (Fsp3) is 0.500. The van der Waals surface area contributed by atoms with Crippen LogP contribution in [0.4, 0.5) is 0 Å². The van der Waals surface area contributed by atoms with Crippen molar-refractivity contribution in [3.8, 4) is 22.8 Å². The molecule has 4 rings (SSSR count). The van der Waals surface area contributed by atoms with Crippen molar-refractivity contribution in [3.05, 3.63) is 30.0 Å². The topological polar surface area (TPSA) is 93.5 Å². The Kier molecular flexibility index (Phi) is 5.29. The number of nitrogens with zero attached hydrogens (tertiary/aromatic N) is 2. The molecule has 3 N–H and O–H groups in total. The predicted molar refractivity (Wildman–Crippen MR) is 101 cm³/mol. The van der Waals surface area contributed by atoms with Gasteiger partial charge >= 0.3 is 0 Å². The van der Waals surface area contributed by atoms with Gasteiger partial charge in [0.25, 0.3) is 0 Å². The highest BCUT2D eigenvalue weighted by Crippen LogP contribution is 2.35. The third-order valence-electron chi connectivity index (χ3n) is 5.34. The summed E-state index contributed by atoms with van der Waals surface area (Å²) in [6.45, 7) is 4.07. The standard InChI is InChI=1S/C20H26N4O3/c21-19(25)6-3-14-2-1-7-24(12-14)13-16-11-22-23-20(16)15-4-5-17-18(10-15)27-9-8-26-17/h4-5,10-11,14H,1-3,6-9,12-13H2,(H2,21,25)(H,22,23). The molecule has 7 heteroatoms. The number of primary amides is 1. The summed E-state index contributed by atoms with van der Waals surface area (Å²) in [6, 6.07) is 6.00. The molecule has 1 unspecified atom stereocenters. The lowest BCUT2D eigenvalue weighted by Crippen LogP contribution is -2.35. The number of piperidine rings is 1. The van der Waals surface area contributed by atoms with E-state index in [2.05, 4.69) is 15.1 Å². The van der Waals surface area contributed by atoms with E-state index in [0.717, 1.165) is 55.2 Å². The van der Waals surface area contributed by atoms with E-state index in [-0.39, 0.29) is 5.91 Å². The number of nitrogens with two attached hydrogens (primary N) is 1. The maximum Gasteiger partial charge on any atom is 0.217 e. The molecule has 2 aliphatic rings. The van der Waals surface area contributed by atoms with E-state index in [1.165, 1.54) is 12.0 Å². The number of hydrogen-bond acceptors (Lipinski definition) is 5. The molecule has 2 aliphatic heterocycles. The smallest absolute Gasteiger partial charge is 0.217 e. The predicted octanol–water partition coefficient (Wildman–Crippen LogP) is 2.33. The summed E-state index contributed by atoms with van der Waals surface area (Å²) in [6.07, 6.45) is 5.59. The average molecular weight is 370 g/mol. The molecule has 1 saturated heterocycles. The van der Waals surface area contributed by atoms with Crippen LogP contribution < -0.4 is 15.2 Å². The van der Waals surface area contributed by atoms with Crippen LogP contribution in [-0.2, 0) is 11.3 Å². The number of H-pyrrole nitrogens is 1. The minimum Gasteiger partial charge on any atom is -0.486 e. The van der Waals surface area contributed by atoms with E-state index in [1.54, 1.807) is 0 Å². The lowest BCUT2D eigenvalue weighted by atomic mass is 9.93. The van der Waals surface area contributed by atoms with Crippen molar-refractivity contribution < 1.29 is 14.3 Å². The maximum atomic E-state index is 11.1. The third-order valence-corrected chi connectivity index (χ3v) is 5.34. The zero-order valence-corrected chi connectivity index (χ0v) is 15.4. The molecule has 1 aromatic carbocycles. The second-order valence-corrected chi connectivity index (χ2v) is 7.38. The van der Waals surface area contributed by atoms with Gasteiger partial charge in [0, 0.05) is 30.6 Å². The number of carbonyl (C=O) groups is 1. The van der Waals surface area contributed by atoms with Gasteiger partial charge < -0.3 is 15.2 Å². The molecule has 0 radical (unpaired) electrons. The lowest BCUT2D eigenvalue weighted by molar-refractivity contribution is -0.118. The molecule has 27 heavy (non-hydrogen) atoms. The Morgan fingerprint density at radius 3 is 3.00 bits per heavy atom. The van der Waals surface area contributed by atoms with Gasteiger partial charge in [-0.25, -0.2) is 0 Å². The van der Waals surface area contributed by atoms with Crippen molar-refractivity contribution in [2.75, 3.05) is 26.3 Å². The average Bonchev–Trinajstić information content (AvgIpc) is 3.14. The minimum absolute atomic E-state index is 0.206. The summed E-state index contributed by atoms with van der Waals surface area (Å²) >= 11 is 0. The fourth-order valence-corrected chi connectivity index (χ4v) is 4.00. The molecular weight excluding hydrogens is 344 g/mol. The molecule has 0 saturated carbocycles. The van der Waals surface area contributed by atoms with Gasteiger partial charge in [0.15, 0.2) is 11.5 Å². The molecule has 1 fully saturated rings. The first-order valence-corrected chi connectivity index (χ1v) is 9.62. The molecule has 0 bridgehead atoms. The molecule has 144 valence electrons. The van der Waals surface area contributed by atoms with Gasteiger partial charge in [-0.1, -0.05) is 0 Å². The summed E-state index contributed by atoms with van der Waals surface area (Å²) in [4.78, 5) is 13.5. The number of benzene rings is 1. The Hall–Kier alpha value is -2.54. The monoisotopic (exact) mass is 370 g/mol. The summed E-state index contributed by atoms with van der Waals surface area (Å²) in [5.41, 5.74) is 8.54. The zero-order valence-electron chi connectivity index (χ0n) is 15.4. The maximum absolute atomic E-state index is 11.1. The van der Waals surface area contributed by atoms with Crippen LogP contribution in [0.15, 0.2) is 24.4 Å². The number of ether oxygens (including phenoxy) is 2. The number of hydrogen-bond donors (Lipinski definition) is 2. The number of nitrogens with one attached hydrogen (secondary N) is 1. The van der Waals surface area contributed by atoms with E-state index in [9.17, 15) is 4.79 Å². The normalized spacial score (nSPS) is 19.8. The Balaban J connectivity index is 1.45. The van der Waals surface area contributed by atoms with E-state index in [4.69, 9.17) is 15.2 Å². The van der Waals surface area contributed by atoms with Crippen molar-refractivity contribution >= 4 is 5.91 Å². The van der Waals surface area contributed by atoms with Gasteiger partial charge in [0.2, 0.25) is 5.91 Å². The van der Waals surface area contributed by atoms with Gasteiger partial charge in [0.1, 0.15) is 13.2 Å². The van der Waals surface area contributed by atoms with Gasteiger partial charge in [-0.05, 0) is 49.9 Å². The van der Waals surface area contributed by atoms with Crippen molar-refractivity contribution in [2.45, 2.75) is 32.2 Å². The molecule has 1 atom stereocenters. The molecule has 0 spiro atoms. The van der Waals surface area contributed by atoms with Crippen LogP contribution in [-0.4, -0.2) is 47.3 Å². The number of aromatic amines is 1. The van der Waals surface area contributed by atoms with Crippen molar-refractivity contribution in [2.24, 2.45) is 11.7 Å². The third kappa shape index (κ3) is 4.24. The number of likely N-dealkylation sites (tertiary alicyclic amines) is 1. The number of carbonyl (C=O) groups excluding carboxylic acids is 1. The second-order valence-electron chi connectivity index (χ2n) is 7.38. The summed E-state index contributed by atoms with van der Waals surface area (Å²) in [5, 5.41) is 7.41. The van der Waals surface area contributed by atoms with Crippen LogP contribution in [0.2, 0.25) is 0 Å². The summed E-state index contributed by atoms with van der Waals surface area (Å²) in [7, 11) is 0. The summed E-state index contributed by atoms with van der Waals surface area (Å²) < 4.78 is 11.3. The van der Waals surface area contributed by atoms with E-state index < -0.39 is 0 Å². The van der Waals surface area contributed by atoms with Crippen molar-refractivity contribution in [3.63, 3.8) is 0 Å². The van der Waals surface area contributed by atoms with Crippen LogP contribution in [0.1, 0.15) is 31.2 Å². The van der Waals surface area contributed by atoms with Crippen LogP contribution in [0.3, 0.4) is 0 Å². The van der Waals surface area contributed by atoms with Crippen LogP contribution in [0, 0.1) is 5.92 Å². The molecule has 7 nitrogen and oxygen atoms in total. The molecule has 3 heterocycles. The number of rotatable bonds is 6. The first-order chi connectivity index (χ1) is 13.2. The Labute approximate surface area is 158 Å². The van der Waals surface area contributed by atoms with Gasteiger partial charge in [-0.15, -0.1) is 0 Å². The Bertz CT molecular complexity index is 804. The van der Waals surface area contributed by atoms with E-state index in [1.807, 2.05) is 24.4 Å². The van der Waals surface area contributed by atoms with E-state index >= 15 is 0 Å². The van der Waals surface area contributed by atoms with Crippen molar-refractivity contribution in [1.82, 2.24) is 15.1 Å². The fourth-order valence-electron chi connectivity index (χ4n) is 4.00. The minimum atomic E-state index is -0.206. The highest BCUT2D eigenvalue weighted by molar-refractivity contribution is 5.73. The second kappa shape index (κ2) is 8.00. The van der Waals surface area contributed by atoms with Crippen molar-refractivity contribution in [1.29, 1.82) is 0 Å². The lowest BCUT2D eigenvalue weighted by Gasteiger charge is -2.32. The number of fused-ring (bicyclic) bond motifs is 1. The first kappa shape index (κ1) is 17.9.